The Balaban J connectivity index is 1.25. The molecule has 0 N–H and O–H groups in total. The second-order valence-electron chi connectivity index (χ2n) is 9.74. The van der Waals surface area contributed by atoms with Gasteiger partial charge < -0.3 is 0 Å². The van der Waals surface area contributed by atoms with Gasteiger partial charge in [-0.05, 0) is 36.4 Å². The number of hydrogen-bond acceptors (Lipinski definition) is 3. The molecule has 3 aromatic heterocycles. The Morgan fingerprint density at radius 1 is 0.487 bits per heavy atom. The highest BCUT2D eigenvalue weighted by Gasteiger charge is 2.15. The molecule has 0 saturated heterocycles. The SMILES string of the molecule is c1ccc(-n2c(-c3ccc(-c4ccc5ccc6c(ccc7cccnc76)c5n4)cc3)nc3ccccc32)cc1. The average molecular weight is 499 g/mol. The van der Waals surface area contributed by atoms with Crippen molar-refractivity contribution in [3.05, 3.63) is 134 Å². The number of imidazole rings is 1. The van der Waals surface area contributed by atoms with Gasteiger partial charge in [0.1, 0.15) is 5.82 Å². The summed E-state index contributed by atoms with van der Waals surface area (Å²) in [5, 5.41) is 4.50. The van der Waals surface area contributed by atoms with Crippen molar-refractivity contribution in [1.82, 2.24) is 19.5 Å². The first-order valence-electron chi connectivity index (χ1n) is 13.0. The summed E-state index contributed by atoms with van der Waals surface area (Å²) in [4.78, 5) is 14.8. The summed E-state index contributed by atoms with van der Waals surface area (Å²) in [5.74, 6) is 0.922. The van der Waals surface area contributed by atoms with E-state index in [1.165, 1.54) is 0 Å². The number of benzene rings is 5. The third kappa shape index (κ3) is 3.50. The molecular weight excluding hydrogens is 476 g/mol. The largest absolute Gasteiger partial charge is 0.292 e. The molecule has 8 rings (SSSR count). The summed E-state index contributed by atoms with van der Waals surface area (Å²) >= 11 is 0. The molecule has 0 aliphatic carbocycles. The van der Waals surface area contributed by atoms with E-state index < -0.39 is 0 Å². The van der Waals surface area contributed by atoms with Gasteiger partial charge in [0.05, 0.1) is 27.8 Å². The fourth-order valence-corrected chi connectivity index (χ4v) is 5.55. The minimum absolute atomic E-state index is 0.922. The van der Waals surface area contributed by atoms with Crippen molar-refractivity contribution < 1.29 is 0 Å². The Hall–Kier alpha value is -5.35. The van der Waals surface area contributed by atoms with Crippen molar-refractivity contribution in [2.24, 2.45) is 0 Å². The molecule has 0 bridgehead atoms. The van der Waals surface area contributed by atoms with E-state index >= 15 is 0 Å². The number of para-hydroxylation sites is 3. The molecule has 0 spiro atoms. The normalized spacial score (nSPS) is 11.6. The van der Waals surface area contributed by atoms with Crippen molar-refractivity contribution >= 4 is 43.6 Å². The zero-order valence-electron chi connectivity index (χ0n) is 21.0. The fraction of sp³-hybridized carbons (Fsp3) is 0. The molecule has 0 saturated carbocycles. The second kappa shape index (κ2) is 8.61. The van der Waals surface area contributed by atoms with Crippen molar-refractivity contribution in [2.75, 3.05) is 0 Å². The van der Waals surface area contributed by atoms with E-state index in [1.54, 1.807) is 0 Å². The Bertz CT molecular complexity index is 2160. The summed E-state index contributed by atoms with van der Waals surface area (Å²) < 4.78 is 2.23. The van der Waals surface area contributed by atoms with Gasteiger partial charge in [-0.15, -0.1) is 0 Å². The van der Waals surface area contributed by atoms with Gasteiger partial charge in [-0.2, -0.15) is 0 Å². The summed E-state index contributed by atoms with van der Waals surface area (Å²) in [7, 11) is 0. The smallest absolute Gasteiger partial charge is 0.145 e. The highest BCUT2D eigenvalue weighted by Crippen LogP contribution is 2.33. The lowest BCUT2D eigenvalue weighted by atomic mass is 10.0. The molecule has 182 valence electrons. The van der Waals surface area contributed by atoms with Crippen LogP contribution in [0.15, 0.2) is 134 Å². The van der Waals surface area contributed by atoms with Gasteiger partial charge in [0, 0.05) is 44.6 Å². The minimum Gasteiger partial charge on any atom is -0.292 e. The van der Waals surface area contributed by atoms with Crippen molar-refractivity contribution in [2.45, 2.75) is 0 Å². The van der Waals surface area contributed by atoms with Crippen LogP contribution in [-0.2, 0) is 0 Å². The van der Waals surface area contributed by atoms with Crippen LogP contribution in [0.4, 0.5) is 0 Å². The van der Waals surface area contributed by atoms with Gasteiger partial charge in [-0.1, -0.05) is 91.0 Å². The van der Waals surface area contributed by atoms with E-state index in [0.29, 0.717) is 0 Å². The minimum atomic E-state index is 0.922. The van der Waals surface area contributed by atoms with Crippen LogP contribution < -0.4 is 0 Å². The molecule has 0 atom stereocenters. The maximum atomic E-state index is 5.13. The van der Waals surface area contributed by atoms with Crippen LogP contribution in [0.25, 0.3) is 71.9 Å². The molecule has 3 heterocycles. The first-order chi connectivity index (χ1) is 19.3. The summed E-state index contributed by atoms with van der Waals surface area (Å²) in [6.07, 6.45) is 1.85. The molecule has 0 aliphatic heterocycles. The molecule has 39 heavy (non-hydrogen) atoms. The zero-order chi connectivity index (χ0) is 25.8. The molecule has 5 aromatic carbocycles. The standard InChI is InChI=1S/C35H22N4/c1-2-8-27(9-3-1)39-32-11-5-4-10-31(32)38-35(39)26-14-12-23(13-15-26)30-21-18-25-17-19-28-29(34(25)37-30)20-16-24-7-6-22-36-33(24)28/h1-22H. The van der Waals surface area contributed by atoms with E-state index in [1.807, 2.05) is 24.4 Å². The highest BCUT2D eigenvalue weighted by atomic mass is 15.1. The molecule has 0 unspecified atom stereocenters. The molecule has 0 amide bonds. The van der Waals surface area contributed by atoms with Gasteiger partial charge >= 0.3 is 0 Å². The first kappa shape index (κ1) is 21.7. The quantitative estimate of drug-likeness (QED) is 0.229. The van der Waals surface area contributed by atoms with Crippen LogP contribution in [0.3, 0.4) is 0 Å². The van der Waals surface area contributed by atoms with Crippen LogP contribution in [0, 0.1) is 0 Å². The van der Waals surface area contributed by atoms with Gasteiger partial charge in [-0.3, -0.25) is 9.55 Å². The van der Waals surface area contributed by atoms with Gasteiger partial charge in [0.15, 0.2) is 0 Å². The van der Waals surface area contributed by atoms with Gasteiger partial charge in [-0.25, -0.2) is 9.97 Å². The molecule has 8 aromatic rings. The molecule has 0 radical (unpaired) electrons. The van der Waals surface area contributed by atoms with Gasteiger partial charge in [0.2, 0.25) is 0 Å². The predicted molar refractivity (Wildman–Crippen MR) is 160 cm³/mol. The Morgan fingerprint density at radius 3 is 2.03 bits per heavy atom. The number of rotatable bonds is 3. The Kier molecular flexibility index (Phi) is 4.79. The van der Waals surface area contributed by atoms with Crippen LogP contribution >= 0.6 is 0 Å². The number of aromatic nitrogens is 4. The number of fused-ring (bicyclic) bond motifs is 6. The summed E-state index contributed by atoms with van der Waals surface area (Å²) in [6, 6.07) is 44.2. The van der Waals surface area contributed by atoms with Crippen LogP contribution in [0.1, 0.15) is 0 Å². The molecule has 4 nitrogen and oxygen atoms in total. The number of pyridine rings is 2. The van der Waals surface area contributed by atoms with Crippen molar-refractivity contribution in [1.29, 1.82) is 0 Å². The molecule has 0 aliphatic rings. The fourth-order valence-electron chi connectivity index (χ4n) is 5.55. The second-order valence-corrected chi connectivity index (χ2v) is 9.74. The average Bonchev–Trinajstić information content (AvgIpc) is 3.41. The maximum absolute atomic E-state index is 5.13. The maximum Gasteiger partial charge on any atom is 0.145 e. The number of hydrogen-bond donors (Lipinski definition) is 0. The lowest BCUT2D eigenvalue weighted by molar-refractivity contribution is 1.10. The van der Waals surface area contributed by atoms with Crippen molar-refractivity contribution in [3.63, 3.8) is 0 Å². The molecular formula is C35H22N4. The van der Waals surface area contributed by atoms with Crippen LogP contribution in [-0.4, -0.2) is 19.5 Å². The lowest BCUT2D eigenvalue weighted by Crippen LogP contribution is -1.97. The van der Waals surface area contributed by atoms with Crippen LogP contribution in [0.5, 0.6) is 0 Å². The first-order valence-corrected chi connectivity index (χ1v) is 13.0. The topological polar surface area (TPSA) is 43.6 Å². The van der Waals surface area contributed by atoms with E-state index in [-0.39, 0.29) is 0 Å². The molecule has 4 heteroatoms. The molecule has 0 fully saturated rings. The van der Waals surface area contributed by atoms with E-state index in [2.05, 4.69) is 119 Å². The lowest BCUT2D eigenvalue weighted by Gasteiger charge is -2.11. The summed E-state index contributed by atoms with van der Waals surface area (Å²) in [5.41, 5.74) is 8.23. The van der Waals surface area contributed by atoms with E-state index in [0.717, 1.165) is 71.9 Å². The number of nitrogens with zero attached hydrogens (tertiary/aromatic N) is 4. The third-order valence-corrected chi connectivity index (χ3v) is 7.44. The van der Waals surface area contributed by atoms with Gasteiger partial charge in [0.25, 0.3) is 0 Å². The predicted octanol–water partition coefficient (Wildman–Crippen LogP) is 8.61. The Labute approximate surface area is 224 Å². The van der Waals surface area contributed by atoms with Crippen LogP contribution in [0.2, 0.25) is 0 Å². The van der Waals surface area contributed by atoms with E-state index in [4.69, 9.17) is 9.97 Å². The monoisotopic (exact) mass is 498 g/mol. The third-order valence-electron chi connectivity index (χ3n) is 7.44. The highest BCUT2D eigenvalue weighted by molar-refractivity contribution is 6.14. The van der Waals surface area contributed by atoms with E-state index in [9.17, 15) is 0 Å². The zero-order valence-corrected chi connectivity index (χ0v) is 21.0. The summed E-state index contributed by atoms with van der Waals surface area (Å²) in [6.45, 7) is 0. The van der Waals surface area contributed by atoms with Crippen molar-refractivity contribution in [3.8, 4) is 28.3 Å². The Morgan fingerprint density at radius 2 is 1.18 bits per heavy atom.